The third-order valence-electron chi connectivity index (χ3n) is 7.11. The number of rotatable bonds is 12. The molecule has 1 atom stereocenters. The van der Waals surface area contributed by atoms with Gasteiger partial charge in [-0.2, -0.15) is 30.7 Å². The maximum Gasteiger partial charge on any atom is 0.461 e. The quantitative estimate of drug-likeness (QED) is 0.150. The zero-order valence-corrected chi connectivity index (χ0v) is 25.7. The van der Waals surface area contributed by atoms with Crippen LogP contribution in [0.2, 0.25) is 0 Å². The van der Waals surface area contributed by atoms with E-state index in [4.69, 9.17) is 0 Å². The Balaban J connectivity index is 2.02. The smallest absolute Gasteiger partial charge is 0.428 e. The van der Waals surface area contributed by atoms with Crippen LogP contribution < -0.4 is 14.8 Å². The lowest BCUT2D eigenvalue weighted by Crippen LogP contribution is -2.49. The van der Waals surface area contributed by atoms with Gasteiger partial charge in [-0.3, -0.25) is 4.79 Å². The summed E-state index contributed by atoms with van der Waals surface area (Å²) in [4.78, 5) is 13.8. The topological polar surface area (TPSA) is 84.5 Å². The van der Waals surface area contributed by atoms with Crippen molar-refractivity contribution in [1.29, 1.82) is 0 Å². The molecule has 0 aromatic heterocycles. The average Bonchev–Trinajstić information content (AvgIpc) is 2.99. The number of alkyl halides is 7. The Bertz CT molecular complexity index is 1940. The lowest BCUT2D eigenvalue weighted by molar-refractivity contribution is -0.253. The molecule has 0 aliphatic carbocycles. The van der Waals surface area contributed by atoms with Gasteiger partial charge in [0.15, 0.2) is 0 Å². The van der Waals surface area contributed by atoms with Crippen molar-refractivity contribution in [2.24, 2.45) is 0 Å². The number of halogens is 10. The number of nitrogens with one attached hydrogen (secondary N) is 2. The Morgan fingerprint density at radius 1 is 0.816 bits per heavy atom. The highest BCUT2D eigenvalue weighted by atomic mass is 32.2. The van der Waals surface area contributed by atoms with Crippen LogP contribution in [0.1, 0.15) is 38.2 Å². The van der Waals surface area contributed by atoms with Gasteiger partial charge in [-0.25, -0.2) is 26.3 Å². The molecule has 0 saturated carbocycles. The lowest BCUT2D eigenvalue weighted by atomic mass is 9.77. The van der Waals surface area contributed by atoms with Crippen LogP contribution in [-0.4, -0.2) is 33.1 Å². The predicted octanol–water partition coefficient (Wildman–Crippen LogP) is 7.32. The number of benzene rings is 4. The molecule has 4 rings (SSSR count). The number of hydrogen-bond acceptors (Lipinski definition) is 4. The number of carbonyl (C=O) groups is 1. The molecule has 6 nitrogen and oxygen atoms in total. The van der Waals surface area contributed by atoms with Crippen molar-refractivity contribution in [1.82, 2.24) is 10.0 Å². The zero-order valence-electron chi connectivity index (χ0n) is 24.9. The van der Waals surface area contributed by atoms with Gasteiger partial charge in [-0.05, 0) is 59.2 Å². The normalized spacial score (nSPS) is 13.6. The summed E-state index contributed by atoms with van der Waals surface area (Å²) in [6.07, 6.45) is -14.4. The first kappa shape index (κ1) is 37.2. The van der Waals surface area contributed by atoms with Crippen LogP contribution in [0.5, 0.6) is 5.75 Å². The summed E-state index contributed by atoms with van der Waals surface area (Å²) in [5.41, 5.74) is -5.62. The minimum absolute atomic E-state index is 0.188. The summed E-state index contributed by atoms with van der Waals surface area (Å²) in [6, 6.07) is 13.4. The Kier molecular flexibility index (Phi) is 10.7. The second-order valence-corrected chi connectivity index (χ2v) is 12.6. The average molecular weight is 723 g/mol. The van der Waals surface area contributed by atoms with Gasteiger partial charge >= 0.3 is 18.7 Å². The zero-order chi connectivity index (χ0) is 36.4. The molecule has 4 aromatic carbocycles. The summed E-state index contributed by atoms with van der Waals surface area (Å²) in [5.74, 6) is -6.56. The predicted molar refractivity (Wildman–Crippen MR) is 156 cm³/mol. The van der Waals surface area contributed by atoms with Gasteiger partial charge in [0.1, 0.15) is 23.2 Å². The Morgan fingerprint density at radius 3 is 2.08 bits per heavy atom. The van der Waals surface area contributed by atoms with Crippen molar-refractivity contribution in [3.63, 3.8) is 0 Å². The fourth-order valence-corrected chi connectivity index (χ4v) is 5.28. The van der Waals surface area contributed by atoms with Crippen molar-refractivity contribution >= 4 is 15.9 Å². The van der Waals surface area contributed by atoms with Crippen LogP contribution in [0, 0.1) is 17.5 Å². The lowest BCUT2D eigenvalue weighted by Gasteiger charge is -2.37. The molecule has 49 heavy (non-hydrogen) atoms. The number of carbonyl (C=O) groups excluding carboxylic acids is 1. The van der Waals surface area contributed by atoms with Gasteiger partial charge < -0.3 is 10.1 Å². The van der Waals surface area contributed by atoms with E-state index in [2.05, 4.69) is 14.8 Å². The molecule has 0 bridgehead atoms. The van der Waals surface area contributed by atoms with E-state index in [1.165, 1.54) is 24.3 Å². The number of hydrogen-bond donors (Lipinski definition) is 2. The first-order valence-corrected chi connectivity index (χ1v) is 15.7. The van der Waals surface area contributed by atoms with E-state index in [-0.39, 0.29) is 17.2 Å². The Labute approximate surface area is 272 Å². The van der Waals surface area contributed by atoms with E-state index in [1.807, 2.05) is 0 Å². The second kappa shape index (κ2) is 14.1. The molecule has 4 aromatic rings. The molecule has 2 N–H and O–H groups in total. The van der Waals surface area contributed by atoms with E-state index in [9.17, 15) is 52.7 Å². The van der Waals surface area contributed by atoms with Crippen molar-refractivity contribution in [3.8, 4) is 5.75 Å². The summed E-state index contributed by atoms with van der Waals surface area (Å²) < 4.78 is 168. The number of ether oxygens (including phenoxy) is 1. The molecule has 0 aliphatic heterocycles. The number of amides is 1. The molecular formula is C32H24F10N2O4S. The highest BCUT2D eigenvalue weighted by Gasteiger charge is 2.45. The molecule has 0 radical (unpaired) electrons. The van der Waals surface area contributed by atoms with Crippen molar-refractivity contribution in [2.45, 2.75) is 37.2 Å². The van der Waals surface area contributed by atoms with E-state index in [1.54, 1.807) is 6.07 Å². The highest BCUT2D eigenvalue weighted by Crippen LogP contribution is 2.39. The SMILES string of the molecule is CS(=O)(=O)NCc1cc([C@@](Cc2ccccc2)(NC(=O)c2ccc(F)c(C(F)(F)F)c2)c2cc(F)cc(OC(F)(F)C(F)F)c2)ccc1F. The molecule has 0 aliphatic rings. The standard InChI is InChI=1S/C32H24F10N2O4S/c1-49(46,47)43-17-20-11-21(8-10-26(20)34)30(16-18-5-3-2-4-6-18,22-13-23(33)15-24(14-22)48-32(41,42)29(36)37)44-28(45)19-7-9-27(35)25(12-19)31(38,39)40/h2-15,29,43H,16-17H2,1H3,(H,44,45)/t30-/m1/s1. The number of sulfonamides is 1. The summed E-state index contributed by atoms with van der Waals surface area (Å²) in [6.45, 7) is -0.668. The summed E-state index contributed by atoms with van der Waals surface area (Å²) in [5, 5.41) is 2.44. The van der Waals surface area contributed by atoms with Crippen LogP contribution in [0.3, 0.4) is 0 Å². The molecule has 17 heteroatoms. The van der Waals surface area contributed by atoms with Gasteiger partial charge in [-0.1, -0.05) is 36.4 Å². The molecule has 0 fully saturated rings. The van der Waals surface area contributed by atoms with Crippen LogP contribution in [0.25, 0.3) is 0 Å². The largest absolute Gasteiger partial charge is 0.461 e. The minimum atomic E-state index is -5.25. The van der Waals surface area contributed by atoms with Gasteiger partial charge in [0, 0.05) is 30.2 Å². The molecular weight excluding hydrogens is 698 g/mol. The fraction of sp³-hybridized carbons (Fsp3) is 0.219. The minimum Gasteiger partial charge on any atom is -0.428 e. The maximum absolute atomic E-state index is 15.1. The highest BCUT2D eigenvalue weighted by molar-refractivity contribution is 7.88. The molecule has 0 heterocycles. The molecule has 1 amide bonds. The second-order valence-electron chi connectivity index (χ2n) is 10.8. The van der Waals surface area contributed by atoms with Crippen molar-refractivity contribution in [3.05, 3.63) is 136 Å². The molecule has 0 spiro atoms. The van der Waals surface area contributed by atoms with E-state index in [0.717, 1.165) is 24.5 Å². The van der Waals surface area contributed by atoms with Crippen LogP contribution in [0.15, 0.2) is 84.9 Å². The van der Waals surface area contributed by atoms with Crippen LogP contribution in [-0.2, 0) is 34.7 Å². The van der Waals surface area contributed by atoms with E-state index in [0.29, 0.717) is 35.9 Å². The molecule has 0 saturated heterocycles. The van der Waals surface area contributed by atoms with Crippen molar-refractivity contribution < 1.29 is 61.9 Å². The van der Waals surface area contributed by atoms with Crippen molar-refractivity contribution in [2.75, 3.05) is 6.26 Å². The van der Waals surface area contributed by atoms with Crippen LogP contribution >= 0.6 is 0 Å². The van der Waals surface area contributed by atoms with Gasteiger partial charge in [-0.15, -0.1) is 0 Å². The first-order chi connectivity index (χ1) is 22.7. The van der Waals surface area contributed by atoms with Gasteiger partial charge in [0.2, 0.25) is 10.0 Å². The van der Waals surface area contributed by atoms with Gasteiger partial charge in [0.25, 0.3) is 5.91 Å². The monoisotopic (exact) mass is 722 g/mol. The molecule has 262 valence electrons. The fourth-order valence-electron chi connectivity index (χ4n) is 4.87. The maximum atomic E-state index is 15.1. The first-order valence-electron chi connectivity index (χ1n) is 13.8. The Hall–Kier alpha value is -4.64. The molecule has 0 unspecified atom stereocenters. The summed E-state index contributed by atoms with van der Waals surface area (Å²) >= 11 is 0. The van der Waals surface area contributed by atoms with Gasteiger partial charge in [0.05, 0.1) is 17.4 Å². The Morgan fingerprint density at radius 2 is 1.47 bits per heavy atom. The van der Waals surface area contributed by atoms with E-state index >= 15 is 4.39 Å². The third kappa shape index (κ3) is 9.08. The third-order valence-corrected chi connectivity index (χ3v) is 7.78. The van der Waals surface area contributed by atoms with E-state index < -0.39 is 93.0 Å². The summed E-state index contributed by atoms with van der Waals surface area (Å²) in [7, 11) is -3.91. The van der Waals surface area contributed by atoms with Crippen LogP contribution in [0.4, 0.5) is 43.9 Å².